The number of anilines is 1. The van der Waals surface area contributed by atoms with E-state index in [1.807, 2.05) is 18.2 Å². The van der Waals surface area contributed by atoms with Crippen LogP contribution in [0.25, 0.3) is 11.0 Å². The molecule has 92 valence electrons. The van der Waals surface area contributed by atoms with Gasteiger partial charge in [0.05, 0.1) is 14.8 Å². The fraction of sp³-hybridized carbons (Fsp3) is 0.154. The van der Waals surface area contributed by atoms with Crippen molar-refractivity contribution in [2.24, 2.45) is 0 Å². The first-order chi connectivity index (χ1) is 8.74. The molecule has 0 saturated carbocycles. The summed E-state index contributed by atoms with van der Waals surface area (Å²) in [6, 6.07) is 12.3. The summed E-state index contributed by atoms with van der Waals surface area (Å²) in [4.78, 5) is 5.71. The molecule has 1 aromatic carbocycles. The standard InChI is InChI=1S/C13H12BrN3S/c14-12-6-5-9(18-12)7-8-17-11-4-2-1-3-10(11)16-13(17)15/h1-6H,7-8H2,(H2,15,16). The maximum absolute atomic E-state index is 5.97. The van der Waals surface area contributed by atoms with Crippen LogP contribution >= 0.6 is 27.3 Å². The zero-order valence-corrected chi connectivity index (χ0v) is 12.0. The number of para-hydroxylation sites is 2. The first-order valence-corrected chi connectivity index (χ1v) is 7.30. The summed E-state index contributed by atoms with van der Waals surface area (Å²) in [7, 11) is 0. The number of hydrogen-bond acceptors (Lipinski definition) is 3. The van der Waals surface area contributed by atoms with E-state index in [1.54, 1.807) is 11.3 Å². The Labute approximate surface area is 117 Å². The molecule has 0 fully saturated rings. The van der Waals surface area contributed by atoms with Gasteiger partial charge in [-0.15, -0.1) is 11.3 Å². The normalized spacial score (nSPS) is 11.2. The molecule has 2 N–H and O–H groups in total. The lowest BCUT2D eigenvalue weighted by atomic mass is 10.3. The second-order valence-electron chi connectivity index (χ2n) is 4.07. The molecule has 0 atom stereocenters. The summed E-state index contributed by atoms with van der Waals surface area (Å²) in [6.07, 6.45) is 0.973. The topological polar surface area (TPSA) is 43.8 Å². The molecule has 18 heavy (non-hydrogen) atoms. The van der Waals surface area contributed by atoms with E-state index in [9.17, 15) is 0 Å². The predicted octanol–water partition coefficient (Wildman–Crippen LogP) is 3.69. The number of halogens is 1. The Hall–Kier alpha value is -1.33. The number of nitrogens with two attached hydrogens (primary N) is 1. The van der Waals surface area contributed by atoms with Crippen molar-refractivity contribution in [3.63, 3.8) is 0 Å². The Kier molecular flexibility index (Phi) is 3.09. The number of fused-ring (bicyclic) bond motifs is 1. The van der Waals surface area contributed by atoms with Crippen molar-refractivity contribution >= 4 is 44.2 Å². The molecular formula is C13H12BrN3S. The summed E-state index contributed by atoms with van der Waals surface area (Å²) >= 11 is 5.24. The van der Waals surface area contributed by atoms with Gasteiger partial charge in [-0.05, 0) is 46.6 Å². The zero-order valence-electron chi connectivity index (χ0n) is 9.64. The molecule has 5 heteroatoms. The number of hydrogen-bond donors (Lipinski definition) is 1. The molecule has 3 aromatic rings. The third-order valence-corrected chi connectivity index (χ3v) is 4.58. The van der Waals surface area contributed by atoms with Crippen molar-refractivity contribution in [3.05, 3.63) is 45.1 Å². The number of thiophene rings is 1. The van der Waals surface area contributed by atoms with E-state index < -0.39 is 0 Å². The van der Waals surface area contributed by atoms with Crippen molar-refractivity contribution in [2.75, 3.05) is 5.73 Å². The van der Waals surface area contributed by atoms with Gasteiger partial charge in [0.2, 0.25) is 5.95 Å². The Bertz CT molecular complexity index is 686. The van der Waals surface area contributed by atoms with E-state index in [0.717, 1.165) is 24.0 Å². The van der Waals surface area contributed by atoms with Gasteiger partial charge >= 0.3 is 0 Å². The molecule has 0 unspecified atom stereocenters. The highest BCUT2D eigenvalue weighted by Gasteiger charge is 2.07. The van der Waals surface area contributed by atoms with Gasteiger partial charge in [-0.3, -0.25) is 0 Å². The number of aryl methyl sites for hydroxylation is 2. The van der Waals surface area contributed by atoms with Gasteiger partial charge in [0.25, 0.3) is 0 Å². The van der Waals surface area contributed by atoms with Crippen molar-refractivity contribution in [2.45, 2.75) is 13.0 Å². The van der Waals surface area contributed by atoms with Crippen molar-refractivity contribution < 1.29 is 0 Å². The zero-order chi connectivity index (χ0) is 12.5. The minimum absolute atomic E-state index is 0.590. The molecular weight excluding hydrogens is 310 g/mol. The van der Waals surface area contributed by atoms with Crippen LogP contribution in [0.15, 0.2) is 40.2 Å². The molecule has 0 bridgehead atoms. The van der Waals surface area contributed by atoms with Gasteiger partial charge in [0, 0.05) is 11.4 Å². The van der Waals surface area contributed by atoms with E-state index >= 15 is 0 Å². The predicted molar refractivity (Wildman–Crippen MR) is 79.9 cm³/mol. The molecule has 0 aliphatic carbocycles. The second-order valence-corrected chi connectivity index (χ2v) is 6.61. The number of aromatic nitrogens is 2. The van der Waals surface area contributed by atoms with Crippen LogP contribution in [0.5, 0.6) is 0 Å². The monoisotopic (exact) mass is 321 g/mol. The number of imidazole rings is 1. The van der Waals surface area contributed by atoms with E-state index in [0.29, 0.717) is 5.95 Å². The molecule has 3 rings (SSSR count). The lowest BCUT2D eigenvalue weighted by Crippen LogP contribution is -2.04. The van der Waals surface area contributed by atoms with E-state index in [1.165, 1.54) is 8.66 Å². The fourth-order valence-electron chi connectivity index (χ4n) is 2.04. The first kappa shape index (κ1) is 11.7. The smallest absolute Gasteiger partial charge is 0.201 e. The second kappa shape index (κ2) is 4.74. The maximum Gasteiger partial charge on any atom is 0.201 e. The number of benzene rings is 1. The van der Waals surface area contributed by atoms with Gasteiger partial charge in [-0.25, -0.2) is 4.98 Å². The van der Waals surface area contributed by atoms with Crippen LogP contribution in [-0.2, 0) is 13.0 Å². The molecule has 0 aliphatic heterocycles. The van der Waals surface area contributed by atoms with Gasteiger partial charge in [0.1, 0.15) is 0 Å². The van der Waals surface area contributed by atoms with Crippen LogP contribution in [0.1, 0.15) is 4.88 Å². The summed E-state index contributed by atoms with van der Waals surface area (Å²) in [6.45, 7) is 0.860. The highest BCUT2D eigenvalue weighted by atomic mass is 79.9. The van der Waals surface area contributed by atoms with Crippen LogP contribution < -0.4 is 5.73 Å². The number of nitrogens with zero attached hydrogens (tertiary/aromatic N) is 2. The lowest BCUT2D eigenvalue weighted by molar-refractivity contribution is 0.733. The van der Waals surface area contributed by atoms with Crippen LogP contribution in [-0.4, -0.2) is 9.55 Å². The summed E-state index contributed by atoms with van der Waals surface area (Å²) in [5.74, 6) is 0.590. The molecule has 0 spiro atoms. The maximum atomic E-state index is 5.97. The molecule has 0 aliphatic rings. The Morgan fingerprint density at radius 3 is 2.83 bits per heavy atom. The average molecular weight is 322 g/mol. The fourth-order valence-corrected chi connectivity index (χ4v) is 3.51. The van der Waals surface area contributed by atoms with Crippen LogP contribution in [0.4, 0.5) is 5.95 Å². The highest BCUT2D eigenvalue weighted by molar-refractivity contribution is 9.11. The number of nitrogen functional groups attached to an aromatic ring is 1. The van der Waals surface area contributed by atoms with Crippen LogP contribution in [0.2, 0.25) is 0 Å². The van der Waals surface area contributed by atoms with Gasteiger partial charge in [0.15, 0.2) is 0 Å². The third kappa shape index (κ3) is 2.15. The minimum Gasteiger partial charge on any atom is -0.369 e. The number of rotatable bonds is 3. The van der Waals surface area contributed by atoms with Crippen molar-refractivity contribution in [1.29, 1.82) is 0 Å². The van der Waals surface area contributed by atoms with Gasteiger partial charge < -0.3 is 10.3 Å². The van der Waals surface area contributed by atoms with Crippen molar-refractivity contribution in [1.82, 2.24) is 9.55 Å². The molecule has 0 radical (unpaired) electrons. The summed E-state index contributed by atoms with van der Waals surface area (Å²) < 4.78 is 3.24. The van der Waals surface area contributed by atoms with E-state index in [2.05, 4.69) is 43.7 Å². The summed E-state index contributed by atoms with van der Waals surface area (Å²) in [5, 5.41) is 0. The molecule has 2 heterocycles. The quantitative estimate of drug-likeness (QED) is 0.799. The molecule has 0 amide bonds. The van der Waals surface area contributed by atoms with Crippen LogP contribution in [0.3, 0.4) is 0 Å². The molecule has 2 aromatic heterocycles. The van der Waals surface area contributed by atoms with Gasteiger partial charge in [-0.1, -0.05) is 12.1 Å². The summed E-state index contributed by atoms with van der Waals surface area (Å²) in [5.41, 5.74) is 8.03. The minimum atomic E-state index is 0.590. The van der Waals surface area contributed by atoms with E-state index in [-0.39, 0.29) is 0 Å². The van der Waals surface area contributed by atoms with E-state index in [4.69, 9.17) is 5.73 Å². The Morgan fingerprint density at radius 1 is 1.22 bits per heavy atom. The lowest BCUT2D eigenvalue weighted by Gasteiger charge is -2.04. The molecule has 0 saturated heterocycles. The van der Waals surface area contributed by atoms with Crippen molar-refractivity contribution in [3.8, 4) is 0 Å². The van der Waals surface area contributed by atoms with Gasteiger partial charge in [-0.2, -0.15) is 0 Å². The SMILES string of the molecule is Nc1nc2ccccc2n1CCc1ccc(Br)s1. The first-order valence-electron chi connectivity index (χ1n) is 5.69. The third-order valence-electron chi connectivity index (χ3n) is 2.89. The van der Waals surface area contributed by atoms with Crippen LogP contribution in [0, 0.1) is 0 Å². The Balaban J connectivity index is 1.88. The molecule has 3 nitrogen and oxygen atoms in total. The average Bonchev–Trinajstić information content (AvgIpc) is 2.90. The highest BCUT2D eigenvalue weighted by Crippen LogP contribution is 2.24. The largest absolute Gasteiger partial charge is 0.369 e. The Morgan fingerprint density at radius 2 is 2.06 bits per heavy atom.